The lowest BCUT2D eigenvalue weighted by molar-refractivity contribution is 0.0984. The van der Waals surface area contributed by atoms with E-state index in [0.717, 1.165) is 49.3 Å². The molecule has 1 saturated heterocycles. The van der Waals surface area contributed by atoms with E-state index in [-0.39, 0.29) is 17.5 Å². The van der Waals surface area contributed by atoms with Gasteiger partial charge in [0.25, 0.3) is 5.91 Å². The molecule has 5 heterocycles. The van der Waals surface area contributed by atoms with Crippen LogP contribution in [0.15, 0.2) is 78.0 Å². The molecule has 3 aromatic heterocycles. The average Bonchev–Trinajstić information content (AvgIpc) is 3.34. The molecule has 8 nitrogen and oxygen atoms in total. The number of hydrogen-bond donors (Lipinski definition) is 2. The number of ether oxygens (including phenoxy) is 1. The van der Waals surface area contributed by atoms with E-state index in [2.05, 4.69) is 33.8 Å². The molecule has 234 valence electrons. The zero-order chi connectivity index (χ0) is 31.6. The summed E-state index contributed by atoms with van der Waals surface area (Å²) in [6, 6.07) is 19.9. The van der Waals surface area contributed by atoms with E-state index >= 15 is 0 Å². The Morgan fingerprint density at radius 3 is 2.73 bits per heavy atom. The molecular weight excluding hydrogens is 587 g/mol. The van der Waals surface area contributed by atoms with E-state index in [4.69, 9.17) is 14.7 Å². The second-order valence-corrected chi connectivity index (χ2v) is 13.7. The van der Waals surface area contributed by atoms with Crippen LogP contribution in [0.2, 0.25) is 0 Å². The number of aromatic nitrogens is 3. The van der Waals surface area contributed by atoms with E-state index < -0.39 is 5.82 Å². The number of rotatable bonds is 5. The van der Waals surface area contributed by atoms with Gasteiger partial charge in [-0.3, -0.25) is 14.5 Å². The van der Waals surface area contributed by atoms with Crippen molar-refractivity contribution in [2.75, 3.05) is 23.4 Å². The predicted octanol–water partition coefficient (Wildman–Crippen LogP) is 7.70. The van der Waals surface area contributed by atoms with Gasteiger partial charge in [0.2, 0.25) is 0 Å². The van der Waals surface area contributed by atoms with E-state index in [1.54, 1.807) is 12.1 Å². The van der Waals surface area contributed by atoms with Crippen molar-refractivity contribution in [3.05, 3.63) is 90.0 Å². The molecule has 4 aromatic rings. The minimum atomic E-state index is -0.397. The highest BCUT2D eigenvalue weighted by atomic mass is 32.2. The van der Waals surface area contributed by atoms with Crippen LogP contribution in [-0.4, -0.2) is 39.5 Å². The van der Waals surface area contributed by atoms with Crippen LogP contribution < -0.4 is 19.7 Å². The molecule has 45 heavy (non-hydrogen) atoms. The molecule has 2 aliphatic rings. The van der Waals surface area contributed by atoms with Gasteiger partial charge >= 0.3 is 0 Å². The first-order valence-corrected chi connectivity index (χ1v) is 16.3. The second-order valence-electron chi connectivity index (χ2n) is 12.9. The number of nitrogens with one attached hydrogen (secondary N) is 2. The zero-order valence-corrected chi connectivity index (χ0v) is 26.9. The summed E-state index contributed by atoms with van der Waals surface area (Å²) in [4.78, 5) is 30.4. The molecule has 2 N–H and O–H groups in total. The zero-order valence-electron chi connectivity index (χ0n) is 26.1. The van der Waals surface area contributed by atoms with Crippen molar-refractivity contribution in [2.24, 2.45) is 11.8 Å². The van der Waals surface area contributed by atoms with Gasteiger partial charge in [-0.1, -0.05) is 26.0 Å². The monoisotopic (exact) mass is 626 g/mol. The van der Waals surface area contributed by atoms with Crippen molar-refractivity contribution in [1.82, 2.24) is 19.7 Å². The summed E-state index contributed by atoms with van der Waals surface area (Å²) in [7, 11) is 0. The number of anilines is 2. The largest absolute Gasteiger partial charge is 0.493 e. The Morgan fingerprint density at radius 1 is 1.07 bits per heavy atom. The minimum absolute atomic E-state index is 0.0204. The summed E-state index contributed by atoms with van der Waals surface area (Å²) in [6.07, 6.45) is 4.57. The van der Waals surface area contributed by atoms with Crippen molar-refractivity contribution >= 4 is 29.5 Å². The number of hydrogen-bond acceptors (Lipinski definition) is 8. The maximum Gasteiger partial charge on any atom is 0.265 e. The van der Waals surface area contributed by atoms with Gasteiger partial charge in [-0.05, 0) is 93.5 Å². The summed E-state index contributed by atoms with van der Waals surface area (Å²) in [5.41, 5.74) is 2.34. The molecule has 0 spiro atoms. The van der Waals surface area contributed by atoms with E-state index in [1.165, 1.54) is 12.1 Å². The predicted molar refractivity (Wildman–Crippen MR) is 177 cm³/mol. The third-order valence-electron chi connectivity index (χ3n) is 8.29. The molecule has 2 atom stereocenters. The van der Waals surface area contributed by atoms with E-state index in [1.807, 2.05) is 62.5 Å². The lowest BCUT2D eigenvalue weighted by Crippen LogP contribution is -2.40. The molecule has 1 unspecified atom stereocenters. The fourth-order valence-corrected chi connectivity index (χ4v) is 6.76. The summed E-state index contributed by atoms with van der Waals surface area (Å²) in [6.45, 7) is 9.72. The first-order valence-electron chi connectivity index (χ1n) is 15.5. The van der Waals surface area contributed by atoms with Crippen LogP contribution in [0.5, 0.6) is 5.75 Å². The van der Waals surface area contributed by atoms with Crippen molar-refractivity contribution in [2.45, 2.75) is 63.6 Å². The van der Waals surface area contributed by atoms with Crippen molar-refractivity contribution in [3.8, 4) is 17.0 Å². The van der Waals surface area contributed by atoms with Crippen LogP contribution in [0.3, 0.4) is 0 Å². The van der Waals surface area contributed by atoms with Crippen LogP contribution in [0.25, 0.3) is 11.3 Å². The fourth-order valence-electron chi connectivity index (χ4n) is 6.16. The van der Waals surface area contributed by atoms with Gasteiger partial charge in [0.1, 0.15) is 28.2 Å². The number of nitrogens with zero attached hydrogens (tertiary/aromatic N) is 4. The molecule has 1 fully saturated rings. The van der Waals surface area contributed by atoms with Gasteiger partial charge in [-0.15, -0.1) is 0 Å². The quantitative estimate of drug-likeness (QED) is 0.218. The Kier molecular flexibility index (Phi) is 8.94. The highest BCUT2D eigenvalue weighted by Crippen LogP contribution is 2.41. The second kappa shape index (κ2) is 13.0. The number of halogens is 1. The maximum atomic E-state index is 14.8. The number of carbonyl (C=O) groups excluding carboxylic acids is 1. The van der Waals surface area contributed by atoms with E-state index in [0.29, 0.717) is 51.9 Å². The molecule has 0 saturated carbocycles. The molecule has 2 aliphatic heterocycles. The summed E-state index contributed by atoms with van der Waals surface area (Å²) in [5.74, 6) is 1.77. The molecule has 1 amide bonds. The standard InChI is InChI=1S/C35H39FN6O2S/c1-22(2)21-44-26-17-24(16-25(36)18-26)28-14-12-27-33(39-28)42-20-23(19-35(42,3)4)11-13-30(29-8-5-6-15-37-29)38-31-9-7-10-32(40-31)45-41-34(27)43/h5-10,12,14-18,22-23,30H,11,13,19-21H2,1-4H3,(H,38,40)(H,41,43)/t23-,30?/m0/s1. The third kappa shape index (κ3) is 7.22. The van der Waals surface area contributed by atoms with Crippen LogP contribution in [0.1, 0.15) is 69.1 Å². The molecule has 1 aromatic carbocycles. The van der Waals surface area contributed by atoms with Gasteiger partial charge in [0.15, 0.2) is 0 Å². The highest BCUT2D eigenvalue weighted by Gasteiger charge is 2.41. The molecule has 4 bridgehead atoms. The van der Waals surface area contributed by atoms with Gasteiger partial charge in [0.05, 0.1) is 29.6 Å². The Bertz CT molecular complexity index is 1670. The average molecular weight is 627 g/mol. The third-order valence-corrected chi connectivity index (χ3v) is 9.01. The Labute approximate surface area is 268 Å². The number of pyridine rings is 3. The van der Waals surface area contributed by atoms with Crippen molar-refractivity contribution < 1.29 is 13.9 Å². The minimum Gasteiger partial charge on any atom is -0.493 e. The normalized spacial score (nSPS) is 19.6. The lowest BCUT2D eigenvalue weighted by Gasteiger charge is -2.34. The first-order chi connectivity index (χ1) is 21.6. The van der Waals surface area contributed by atoms with Gasteiger partial charge in [0, 0.05) is 41.9 Å². The molecule has 0 aliphatic carbocycles. The van der Waals surface area contributed by atoms with Crippen LogP contribution in [0, 0.1) is 17.7 Å². The van der Waals surface area contributed by atoms with Crippen molar-refractivity contribution in [1.29, 1.82) is 0 Å². The number of fused-ring (bicyclic) bond motifs is 6. The summed E-state index contributed by atoms with van der Waals surface area (Å²) in [5, 5.41) is 4.25. The smallest absolute Gasteiger partial charge is 0.265 e. The molecule has 6 rings (SSSR count). The summed E-state index contributed by atoms with van der Waals surface area (Å²) >= 11 is 1.16. The lowest BCUT2D eigenvalue weighted by atomic mass is 9.91. The van der Waals surface area contributed by atoms with Crippen LogP contribution >= 0.6 is 11.9 Å². The number of amides is 1. The van der Waals surface area contributed by atoms with Crippen molar-refractivity contribution in [3.63, 3.8) is 0 Å². The molecule has 10 heteroatoms. The van der Waals surface area contributed by atoms with Crippen LogP contribution in [-0.2, 0) is 0 Å². The Balaban J connectivity index is 1.38. The van der Waals surface area contributed by atoms with Gasteiger partial charge in [-0.2, -0.15) is 0 Å². The van der Waals surface area contributed by atoms with E-state index in [9.17, 15) is 9.18 Å². The Morgan fingerprint density at radius 2 is 1.93 bits per heavy atom. The Hall–Kier alpha value is -4.18. The molecular formula is C35H39FN6O2S. The number of carbonyl (C=O) groups is 1. The number of benzene rings is 1. The van der Waals surface area contributed by atoms with Gasteiger partial charge < -0.3 is 15.0 Å². The SMILES string of the molecule is CC(C)COc1cc(F)cc(-c2ccc3c(n2)N2C[C@@H](CCC(c4ccccn4)Nc4cccc(n4)SNC3=O)CC2(C)C)c1. The topological polar surface area (TPSA) is 92.3 Å². The molecule has 0 radical (unpaired) electrons. The maximum absolute atomic E-state index is 14.8. The van der Waals surface area contributed by atoms with Crippen LogP contribution in [0.4, 0.5) is 16.0 Å². The fraction of sp³-hybridized carbons (Fsp3) is 0.371. The highest BCUT2D eigenvalue weighted by molar-refractivity contribution is 7.97. The first kappa shape index (κ1) is 30.8. The summed E-state index contributed by atoms with van der Waals surface area (Å²) < 4.78 is 23.6. The van der Waals surface area contributed by atoms with Gasteiger partial charge in [-0.25, -0.2) is 14.4 Å².